The highest BCUT2D eigenvalue weighted by atomic mass is 32.1. The summed E-state index contributed by atoms with van der Waals surface area (Å²) in [5.41, 5.74) is 4.43. The van der Waals surface area contributed by atoms with Crippen LogP contribution >= 0.6 is 11.3 Å². The van der Waals surface area contributed by atoms with Gasteiger partial charge in [0, 0.05) is 23.4 Å². The van der Waals surface area contributed by atoms with Crippen LogP contribution < -0.4 is 11.3 Å². The van der Waals surface area contributed by atoms with E-state index in [1.807, 2.05) is 0 Å². The molecule has 5 heteroatoms. The Balaban J connectivity index is 2.19. The van der Waals surface area contributed by atoms with Gasteiger partial charge in [-0.1, -0.05) is 25.7 Å². The summed E-state index contributed by atoms with van der Waals surface area (Å²) < 4.78 is 0. The first kappa shape index (κ1) is 15.9. The number of hydrogen-bond acceptors (Lipinski definition) is 5. The van der Waals surface area contributed by atoms with Gasteiger partial charge in [0.05, 0.1) is 10.7 Å². The molecule has 1 aromatic rings. The Morgan fingerprint density at radius 1 is 1.35 bits per heavy atom. The number of likely N-dealkylation sites (N-methyl/N-ethyl adjacent to an activating group) is 1. The molecule has 3 N–H and O–H groups in total. The summed E-state index contributed by atoms with van der Waals surface area (Å²) >= 11 is 1.72. The van der Waals surface area contributed by atoms with Crippen LogP contribution in [0.15, 0.2) is 5.38 Å². The third kappa shape index (κ3) is 3.39. The van der Waals surface area contributed by atoms with Crippen molar-refractivity contribution in [3.63, 3.8) is 0 Å². The van der Waals surface area contributed by atoms with E-state index in [9.17, 15) is 0 Å². The predicted molar refractivity (Wildman–Crippen MR) is 85.8 cm³/mol. The Labute approximate surface area is 126 Å². The second kappa shape index (κ2) is 6.98. The summed E-state index contributed by atoms with van der Waals surface area (Å²) in [6.07, 6.45) is 8.65. The van der Waals surface area contributed by atoms with Gasteiger partial charge in [0.25, 0.3) is 0 Å². The molecule has 20 heavy (non-hydrogen) atoms. The number of nitrogens with one attached hydrogen (secondary N) is 1. The van der Waals surface area contributed by atoms with Crippen LogP contribution in [-0.2, 0) is 6.42 Å². The molecule has 1 fully saturated rings. The van der Waals surface area contributed by atoms with Gasteiger partial charge in [-0.2, -0.15) is 0 Å². The van der Waals surface area contributed by atoms with Crippen molar-refractivity contribution in [1.82, 2.24) is 15.3 Å². The van der Waals surface area contributed by atoms with Crippen molar-refractivity contribution in [1.29, 1.82) is 0 Å². The van der Waals surface area contributed by atoms with Crippen molar-refractivity contribution < 1.29 is 0 Å². The number of hydrazine groups is 1. The minimum absolute atomic E-state index is 0.156. The predicted octanol–water partition coefficient (Wildman–Crippen LogP) is 2.48. The number of aryl methyl sites for hydroxylation is 1. The van der Waals surface area contributed by atoms with Gasteiger partial charge in [-0.25, -0.2) is 4.98 Å². The summed E-state index contributed by atoms with van der Waals surface area (Å²) in [6, 6.07) is 0.261. The first-order chi connectivity index (χ1) is 9.58. The summed E-state index contributed by atoms with van der Waals surface area (Å²) in [5.74, 6) is 5.93. The molecule has 0 amide bonds. The van der Waals surface area contributed by atoms with Gasteiger partial charge in [0.1, 0.15) is 0 Å². The maximum absolute atomic E-state index is 5.93. The highest BCUT2D eigenvalue weighted by Crippen LogP contribution is 2.35. The zero-order valence-electron chi connectivity index (χ0n) is 13.0. The quantitative estimate of drug-likeness (QED) is 0.498. The van der Waals surface area contributed by atoms with Crippen LogP contribution in [-0.4, -0.2) is 35.6 Å². The molecule has 1 saturated carbocycles. The average Bonchev–Trinajstić information content (AvgIpc) is 2.68. The molecule has 0 radical (unpaired) electrons. The third-order valence-corrected chi connectivity index (χ3v) is 5.61. The van der Waals surface area contributed by atoms with E-state index < -0.39 is 0 Å². The normalized spacial score (nSPS) is 20.9. The maximum atomic E-state index is 5.93. The lowest BCUT2D eigenvalue weighted by Gasteiger charge is -2.45. The Morgan fingerprint density at radius 2 is 2.00 bits per heavy atom. The van der Waals surface area contributed by atoms with Gasteiger partial charge in [-0.05, 0) is 33.9 Å². The Morgan fingerprint density at radius 3 is 2.45 bits per heavy atom. The third-order valence-electron chi connectivity index (χ3n) is 4.79. The van der Waals surface area contributed by atoms with Gasteiger partial charge >= 0.3 is 0 Å². The van der Waals surface area contributed by atoms with E-state index in [4.69, 9.17) is 5.84 Å². The fourth-order valence-corrected chi connectivity index (χ4v) is 4.19. The van der Waals surface area contributed by atoms with E-state index in [-0.39, 0.29) is 11.6 Å². The summed E-state index contributed by atoms with van der Waals surface area (Å²) in [4.78, 5) is 7.00. The number of nitrogens with two attached hydrogens (primary N) is 1. The molecule has 1 unspecified atom stereocenters. The molecule has 0 spiro atoms. The molecular weight excluding hydrogens is 268 g/mol. The Kier molecular flexibility index (Phi) is 5.55. The van der Waals surface area contributed by atoms with E-state index in [0.717, 1.165) is 11.4 Å². The molecule has 114 valence electrons. The van der Waals surface area contributed by atoms with E-state index in [0.29, 0.717) is 0 Å². The molecule has 1 heterocycles. The van der Waals surface area contributed by atoms with E-state index in [1.54, 1.807) is 11.3 Å². The van der Waals surface area contributed by atoms with Crippen molar-refractivity contribution in [2.45, 2.75) is 63.5 Å². The molecule has 0 aromatic carbocycles. The highest BCUT2D eigenvalue weighted by Gasteiger charge is 2.40. The maximum Gasteiger partial charge on any atom is 0.0897 e. The van der Waals surface area contributed by atoms with Crippen molar-refractivity contribution >= 4 is 11.3 Å². The minimum atomic E-state index is 0.156. The highest BCUT2D eigenvalue weighted by molar-refractivity contribution is 7.09. The smallest absolute Gasteiger partial charge is 0.0897 e. The monoisotopic (exact) mass is 296 g/mol. The van der Waals surface area contributed by atoms with Crippen LogP contribution in [0.1, 0.15) is 49.2 Å². The van der Waals surface area contributed by atoms with Crippen molar-refractivity contribution in [2.75, 3.05) is 14.1 Å². The molecule has 1 atom stereocenters. The zero-order valence-corrected chi connectivity index (χ0v) is 13.8. The number of rotatable bonds is 5. The van der Waals surface area contributed by atoms with Gasteiger partial charge in [-0.15, -0.1) is 11.3 Å². The van der Waals surface area contributed by atoms with Crippen LogP contribution in [0.25, 0.3) is 0 Å². The van der Waals surface area contributed by atoms with Crippen molar-refractivity contribution in [3.05, 3.63) is 16.1 Å². The first-order valence-corrected chi connectivity index (χ1v) is 8.51. The lowest BCUT2D eigenvalue weighted by molar-refractivity contribution is 0.0798. The number of thiazole rings is 1. The lowest BCUT2D eigenvalue weighted by Crippen LogP contribution is -2.61. The number of nitrogens with zero attached hydrogens (tertiary/aromatic N) is 2. The van der Waals surface area contributed by atoms with Crippen LogP contribution in [0.2, 0.25) is 0 Å². The lowest BCUT2D eigenvalue weighted by atomic mass is 9.79. The van der Waals surface area contributed by atoms with Gasteiger partial charge in [0.15, 0.2) is 0 Å². The van der Waals surface area contributed by atoms with Crippen molar-refractivity contribution in [3.8, 4) is 0 Å². The SMILES string of the molecule is Cc1nc(CC(NN)C2(N(C)C)CCCCCC2)cs1. The van der Waals surface area contributed by atoms with Gasteiger partial charge in [0.2, 0.25) is 0 Å². The molecular formula is C15H28N4S. The van der Waals surface area contributed by atoms with Gasteiger partial charge in [-0.3, -0.25) is 11.3 Å². The fraction of sp³-hybridized carbons (Fsp3) is 0.800. The van der Waals surface area contributed by atoms with Crippen LogP contribution in [0.3, 0.4) is 0 Å². The molecule has 1 aliphatic carbocycles. The molecule has 0 bridgehead atoms. The van der Waals surface area contributed by atoms with Gasteiger partial charge < -0.3 is 4.90 Å². The molecule has 1 aromatic heterocycles. The molecule has 1 aliphatic rings. The molecule has 2 rings (SSSR count). The summed E-state index contributed by atoms with van der Waals surface area (Å²) in [5, 5.41) is 3.30. The average molecular weight is 296 g/mol. The van der Waals surface area contributed by atoms with Crippen molar-refractivity contribution in [2.24, 2.45) is 5.84 Å². The zero-order chi connectivity index (χ0) is 14.6. The summed E-state index contributed by atoms with van der Waals surface area (Å²) in [6.45, 7) is 2.06. The largest absolute Gasteiger partial charge is 0.302 e. The molecule has 0 saturated heterocycles. The second-order valence-corrected chi connectivity index (χ2v) is 7.26. The van der Waals surface area contributed by atoms with Crippen LogP contribution in [0.5, 0.6) is 0 Å². The van der Waals surface area contributed by atoms with E-state index in [2.05, 4.69) is 41.7 Å². The van der Waals surface area contributed by atoms with Crippen LogP contribution in [0, 0.1) is 6.92 Å². The Bertz CT molecular complexity index is 408. The van der Waals surface area contributed by atoms with E-state index in [1.165, 1.54) is 44.2 Å². The molecule has 4 nitrogen and oxygen atoms in total. The topological polar surface area (TPSA) is 54.2 Å². The molecule has 0 aliphatic heterocycles. The summed E-state index contributed by atoms with van der Waals surface area (Å²) in [7, 11) is 4.39. The fourth-order valence-electron chi connectivity index (χ4n) is 3.56. The first-order valence-electron chi connectivity index (χ1n) is 7.63. The van der Waals surface area contributed by atoms with Crippen LogP contribution in [0.4, 0.5) is 0 Å². The van der Waals surface area contributed by atoms with E-state index >= 15 is 0 Å². The standard InChI is InChI=1S/C15H28N4S/c1-12-17-13(11-20-12)10-14(18-16)15(19(2)3)8-6-4-5-7-9-15/h11,14,18H,4-10,16H2,1-3H3. The minimum Gasteiger partial charge on any atom is -0.302 e. The number of aromatic nitrogens is 1. The second-order valence-electron chi connectivity index (χ2n) is 6.19. The Hall–Kier alpha value is -0.490. The number of hydrogen-bond donors (Lipinski definition) is 2.